The second-order valence-corrected chi connectivity index (χ2v) is 9.97. The molecule has 1 fully saturated rings. The Bertz CT molecular complexity index is 1230. The summed E-state index contributed by atoms with van der Waals surface area (Å²) in [6, 6.07) is 20.4. The van der Waals surface area contributed by atoms with E-state index in [9.17, 15) is 4.79 Å². The summed E-state index contributed by atoms with van der Waals surface area (Å²) in [4.78, 5) is 24.9. The zero-order chi connectivity index (χ0) is 22.9. The van der Waals surface area contributed by atoms with Gasteiger partial charge in [0, 0.05) is 63.5 Å². The molecule has 0 atom stereocenters. The average Bonchev–Trinajstić information content (AvgIpc) is 3.00. The molecule has 5 rings (SSSR count). The van der Waals surface area contributed by atoms with E-state index in [1.807, 2.05) is 47.4 Å². The Morgan fingerprint density at radius 1 is 0.970 bits per heavy atom. The van der Waals surface area contributed by atoms with Gasteiger partial charge in [0.05, 0.1) is 5.69 Å². The van der Waals surface area contributed by atoms with Gasteiger partial charge in [-0.05, 0) is 67.9 Å². The lowest BCUT2D eigenvalue weighted by atomic mass is 10.0. The Morgan fingerprint density at radius 3 is 2.42 bits per heavy atom. The van der Waals surface area contributed by atoms with Crippen molar-refractivity contribution >= 4 is 46.4 Å². The van der Waals surface area contributed by atoms with E-state index in [1.54, 1.807) is 11.8 Å². The van der Waals surface area contributed by atoms with Crippen LogP contribution in [0.15, 0.2) is 75.4 Å². The number of amides is 1. The van der Waals surface area contributed by atoms with Crippen molar-refractivity contribution in [1.82, 2.24) is 4.90 Å². The number of aliphatic imine (C=N–C) groups is 1. The third-order valence-electron chi connectivity index (χ3n) is 6.22. The number of nitrogens with zero attached hydrogens (tertiary/aromatic N) is 3. The minimum atomic E-state index is 0.0735. The molecule has 33 heavy (non-hydrogen) atoms. The van der Waals surface area contributed by atoms with Crippen molar-refractivity contribution in [3.05, 3.63) is 82.4 Å². The minimum Gasteiger partial charge on any atom is -0.368 e. The number of piperazine rings is 1. The van der Waals surface area contributed by atoms with Crippen molar-refractivity contribution in [1.29, 1.82) is 0 Å². The molecule has 2 aliphatic rings. The summed E-state index contributed by atoms with van der Waals surface area (Å²) in [6.45, 7) is 7.25. The van der Waals surface area contributed by atoms with Crippen molar-refractivity contribution in [2.75, 3.05) is 31.1 Å². The van der Waals surface area contributed by atoms with E-state index in [-0.39, 0.29) is 5.91 Å². The fourth-order valence-electron chi connectivity index (χ4n) is 4.38. The zero-order valence-electron chi connectivity index (χ0n) is 18.8. The number of carbonyl (C=O) groups excluding carboxylic acids is 1. The van der Waals surface area contributed by atoms with Crippen LogP contribution in [0.4, 0.5) is 11.4 Å². The molecular formula is C27H26ClN3OS. The Labute approximate surface area is 204 Å². The normalized spacial score (nSPS) is 15.4. The highest BCUT2D eigenvalue weighted by molar-refractivity contribution is 7.99. The number of hydrogen-bond donors (Lipinski definition) is 0. The van der Waals surface area contributed by atoms with Crippen molar-refractivity contribution in [2.24, 2.45) is 4.99 Å². The molecule has 0 spiro atoms. The molecule has 1 saturated heterocycles. The molecule has 4 nitrogen and oxygen atoms in total. The predicted octanol–water partition coefficient (Wildman–Crippen LogP) is 6.61. The number of anilines is 1. The van der Waals surface area contributed by atoms with Gasteiger partial charge in [0.25, 0.3) is 5.91 Å². The van der Waals surface area contributed by atoms with Crippen molar-refractivity contribution in [3.8, 4) is 0 Å². The van der Waals surface area contributed by atoms with Crippen molar-refractivity contribution < 1.29 is 4.79 Å². The molecule has 0 bridgehead atoms. The molecule has 0 aliphatic carbocycles. The van der Waals surface area contributed by atoms with E-state index < -0.39 is 0 Å². The van der Waals surface area contributed by atoms with Crippen LogP contribution in [0.25, 0.3) is 0 Å². The average molecular weight is 476 g/mol. The van der Waals surface area contributed by atoms with Crippen LogP contribution in [0.5, 0.6) is 0 Å². The lowest BCUT2D eigenvalue weighted by Gasteiger charge is -2.36. The van der Waals surface area contributed by atoms with Gasteiger partial charge < -0.3 is 9.80 Å². The summed E-state index contributed by atoms with van der Waals surface area (Å²) < 4.78 is 0. The fraction of sp³-hybridized carbons (Fsp3) is 0.259. The maximum atomic E-state index is 13.3. The quantitative estimate of drug-likeness (QED) is 0.427. The van der Waals surface area contributed by atoms with Crippen LogP contribution in [0.2, 0.25) is 5.02 Å². The van der Waals surface area contributed by atoms with Gasteiger partial charge in [0.15, 0.2) is 0 Å². The lowest BCUT2D eigenvalue weighted by Crippen LogP contribution is -2.48. The minimum absolute atomic E-state index is 0.0735. The molecule has 0 radical (unpaired) electrons. The number of benzene rings is 3. The van der Waals surface area contributed by atoms with Gasteiger partial charge in [0.1, 0.15) is 0 Å². The monoisotopic (exact) mass is 475 g/mol. The van der Waals surface area contributed by atoms with Gasteiger partial charge >= 0.3 is 0 Å². The largest absolute Gasteiger partial charge is 0.368 e. The number of halogens is 1. The maximum Gasteiger partial charge on any atom is 0.254 e. The van der Waals surface area contributed by atoms with Crippen LogP contribution in [-0.2, 0) is 0 Å². The molecule has 3 aromatic rings. The summed E-state index contributed by atoms with van der Waals surface area (Å²) in [6.07, 6.45) is 0.848. The standard InChI is InChI=1S/C27H26ClN3OS/c1-3-23-22-16-18(2)4-10-25(22)33-26-11-5-19(17-24(26)29-23)27(32)31-14-12-30(13-15-31)21-8-6-20(28)7-9-21/h4-11,16-17H,3,12-15H2,1-2H3. The third-order valence-corrected chi connectivity index (χ3v) is 7.61. The van der Waals surface area contributed by atoms with E-state index in [0.717, 1.165) is 46.5 Å². The molecular weight excluding hydrogens is 450 g/mol. The van der Waals surface area contributed by atoms with Crippen LogP contribution in [0, 0.1) is 6.92 Å². The fourth-order valence-corrected chi connectivity index (χ4v) is 5.51. The van der Waals surface area contributed by atoms with Gasteiger partial charge in [0.2, 0.25) is 0 Å². The van der Waals surface area contributed by atoms with Crippen molar-refractivity contribution in [3.63, 3.8) is 0 Å². The molecule has 0 aromatic heterocycles. The van der Waals surface area contributed by atoms with Gasteiger partial charge in [-0.3, -0.25) is 9.79 Å². The second-order valence-electron chi connectivity index (χ2n) is 8.45. The molecule has 2 heterocycles. The third kappa shape index (κ3) is 4.53. The number of carbonyl (C=O) groups is 1. The molecule has 0 unspecified atom stereocenters. The first-order valence-electron chi connectivity index (χ1n) is 11.3. The molecule has 2 aliphatic heterocycles. The smallest absolute Gasteiger partial charge is 0.254 e. The van der Waals surface area contributed by atoms with Crippen LogP contribution < -0.4 is 4.90 Å². The second kappa shape index (κ2) is 9.24. The van der Waals surface area contributed by atoms with E-state index in [1.165, 1.54) is 16.0 Å². The first-order chi connectivity index (χ1) is 16.0. The summed E-state index contributed by atoms with van der Waals surface area (Å²) in [5.41, 5.74) is 6.23. The highest BCUT2D eigenvalue weighted by Crippen LogP contribution is 2.41. The number of rotatable bonds is 3. The molecule has 0 saturated carbocycles. The van der Waals surface area contributed by atoms with E-state index in [2.05, 4.69) is 36.9 Å². The van der Waals surface area contributed by atoms with Crippen molar-refractivity contribution in [2.45, 2.75) is 30.1 Å². The Hall–Kier alpha value is -2.76. The lowest BCUT2D eigenvalue weighted by molar-refractivity contribution is 0.0746. The summed E-state index contributed by atoms with van der Waals surface area (Å²) in [5.74, 6) is 0.0735. The molecule has 3 aromatic carbocycles. The van der Waals surface area contributed by atoms with Gasteiger partial charge in [-0.25, -0.2) is 0 Å². The first kappa shape index (κ1) is 22.1. The van der Waals surface area contributed by atoms with Gasteiger partial charge in [-0.2, -0.15) is 0 Å². The maximum absolute atomic E-state index is 13.3. The zero-order valence-corrected chi connectivity index (χ0v) is 20.4. The van der Waals surface area contributed by atoms with Crippen LogP contribution in [0.3, 0.4) is 0 Å². The molecule has 168 valence electrons. The first-order valence-corrected chi connectivity index (χ1v) is 12.5. The molecule has 0 N–H and O–H groups in total. The summed E-state index contributed by atoms with van der Waals surface area (Å²) >= 11 is 7.74. The van der Waals surface area contributed by atoms with Crippen LogP contribution in [-0.4, -0.2) is 42.7 Å². The van der Waals surface area contributed by atoms with Crippen LogP contribution in [0.1, 0.15) is 34.8 Å². The summed E-state index contributed by atoms with van der Waals surface area (Å²) in [5, 5.41) is 0.737. The molecule has 1 amide bonds. The molecule has 6 heteroatoms. The van der Waals surface area contributed by atoms with Gasteiger partial charge in [-0.15, -0.1) is 0 Å². The Balaban J connectivity index is 1.35. The Kier molecular flexibility index (Phi) is 6.17. The Morgan fingerprint density at radius 2 is 1.70 bits per heavy atom. The highest BCUT2D eigenvalue weighted by atomic mass is 35.5. The number of hydrogen-bond acceptors (Lipinski definition) is 4. The van der Waals surface area contributed by atoms with E-state index in [4.69, 9.17) is 16.6 Å². The van der Waals surface area contributed by atoms with E-state index in [0.29, 0.717) is 18.7 Å². The SMILES string of the molecule is CCC1=Nc2cc(C(=O)N3CCN(c4ccc(Cl)cc4)CC3)ccc2Sc2ccc(C)cc21. The number of fused-ring (bicyclic) bond motifs is 2. The predicted molar refractivity (Wildman–Crippen MR) is 138 cm³/mol. The van der Waals surface area contributed by atoms with E-state index >= 15 is 0 Å². The summed E-state index contributed by atoms with van der Waals surface area (Å²) in [7, 11) is 0. The topological polar surface area (TPSA) is 35.9 Å². The highest BCUT2D eigenvalue weighted by Gasteiger charge is 2.24. The number of aryl methyl sites for hydroxylation is 1. The van der Waals surface area contributed by atoms with Crippen LogP contribution >= 0.6 is 23.4 Å². The van der Waals surface area contributed by atoms with Gasteiger partial charge in [-0.1, -0.05) is 41.9 Å².